The molecule has 1 fully saturated rings. The van der Waals surface area contributed by atoms with Crippen LogP contribution in [-0.4, -0.2) is 63.5 Å². The predicted molar refractivity (Wildman–Crippen MR) is 125 cm³/mol. The number of rotatable bonds is 9. The van der Waals surface area contributed by atoms with Crippen molar-refractivity contribution in [2.24, 2.45) is 0 Å². The first-order chi connectivity index (χ1) is 15.7. The second-order valence-corrected chi connectivity index (χ2v) is 8.69. The molecule has 2 N–H and O–H groups in total. The zero-order valence-electron chi connectivity index (χ0n) is 18.1. The Balaban J connectivity index is 1.36. The minimum absolute atomic E-state index is 0.0772. The van der Waals surface area contributed by atoms with E-state index in [9.17, 15) is 9.59 Å². The summed E-state index contributed by atoms with van der Waals surface area (Å²) < 4.78 is 1.80. The summed E-state index contributed by atoms with van der Waals surface area (Å²) in [5.41, 5.74) is 1.31. The van der Waals surface area contributed by atoms with Crippen LogP contribution in [0.25, 0.3) is 11.0 Å². The normalized spacial score (nSPS) is 13.5. The molecule has 3 heterocycles. The standard InChI is InChI=1S/C22H27N7O2S/c1-2-32-22-26-19(28-11-6-7-12-28)17-14-25-29(20(17)27-22)13-10-23-18(30)15-24-21(31)16-8-4-3-5-9-16/h3-5,8-9,14H,2,6-7,10-13,15H2,1H3,(H,23,30)(H,24,31). The summed E-state index contributed by atoms with van der Waals surface area (Å²) in [6.45, 7) is 4.87. The van der Waals surface area contributed by atoms with E-state index in [2.05, 4.69) is 27.6 Å². The van der Waals surface area contributed by atoms with Crippen LogP contribution >= 0.6 is 11.8 Å². The van der Waals surface area contributed by atoms with Gasteiger partial charge in [-0.15, -0.1) is 0 Å². The second-order valence-electron chi connectivity index (χ2n) is 7.46. The van der Waals surface area contributed by atoms with Crippen LogP contribution in [0.3, 0.4) is 0 Å². The Kier molecular flexibility index (Phi) is 7.21. The highest BCUT2D eigenvalue weighted by molar-refractivity contribution is 7.99. The van der Waals surface area contributed by atoms with Crippen LogP contribution < -0.4 is 15.5 Å². The molecule has 0 aliphatic carbocycles. The van der Waals surface area contributed by atoms with E-state index in [4.69, 9.17) is 9.97 Å². The number of fused-ring (bicyclic) bond motifs is 1. The van der Waals surface area contributed by atoms with Crippen molar-refractivity contribution >= 4 is 40.4 Å². The third kappa shape index (κ3) is 5.18. The Hall–Kier alpha value is -3.14. The Morgan fingerprint density at radius 3 is 2.62 bits per heavy atom. The lowest BCUT2D eigenvalue weighted by atomic mass is 10.2. The van der Waals surface area contributed by atoms with Crippen molar-refractivity contribution in [2.75, 3.05) is 36.8 Å². The number of hydrogen-bond donors (Lipinski definition) is 2. The molecule has 4 rings (SSSR count). The van der Waals surface area contributed by atoms with Crippen LogP contribution in [0.5, 0.6) is 0 Å². The van der Waals surface area contributed by atoms with Gasteiger partial charge in [0, 0.05) is 25.2 Å². The van der Waals surface area contributed by atoms with Gasteiger partial charge < -0.3 is 15.5 Å². The molecule has 0 bridgehead atoms. The molecule has 10 heteroatoms. The second kappa shape index (κ2) is 10.4. The van der Waals surface area contributed by atoms with Crippen molar-refractivity contribution < 1.29 is 9.59 Å². The minimum atomic E-state index is -0.272. The van der Waals surface area contributed by atoms with Crippen molar-refractivity contribution in [3.8, 4) is 0 Å². The Bertz CT molecular complexity index is 1080. The first-order valence-electron chi connectivity index (χ1n) is 10.9. The Morgan fingerprint density at radius 1 is 1.09 bits per heavy atom. The monoisotopic (exact) mass is 453 g/mol. The number of nitrogens with one attached hydrogen (secondary N) is 2. The van der Waals surface area contributed by atoms with E-state index < -0.39 is 0 Å². The highest BCUT2D eigenvalue weighted by Crippen LogP contribution is 2.29. The van der Waals surface area contributed by atoms with E-state index >= 15 is 0 Å². The molecule has 0 radical (unpaired) electrons. The number of benzene rings is 1. The van der Waals surface area contributed by atoms with Crippen molar-refractivity contribution in [1.29, 1.82) is 0 Å². The van der Waals surface area contributed by atoms with Crippen LogP contribution in [0.2, 0.25) is 0 Å². The van der Waals surface area contributed by atoms with Crippen LogP contribution in [0.15, 0.2) is 41.7 Å². The zero-order chi connectivity index (χ0) is 22.3. The number of hydrogen-bond acceptors (Lipinski definition) is 7. The molecule has 2 aromatic heterocycles. The fourth-order valence-corrected chi connectivity index (χ4v) is 4.22. The molecular formula is C22H27N7O2S. The molecular weight excluding hydrogens is 426 g/mol. The molecule has 1 aromatic carbocycles. The number of thioether (sulfide) groups is 1. The molecule has 1 aliphatic heterocycles. The first-order valence-corrected chi connectivity index (χ1v) is 11.9. The summed E-state index contributed by atoms with van der Waals surface area (Å²) in [6, 6.07) is 8.82. The van der Waals surface area contributed by atoms with E-state index in [1.54, 1.807) is 40.7 Å². The summed E-state index contributed by atoms with van der Waals surface area (Å²) in [4.78, 5) is 36.0. The van der Waals surface area contributed by atoms with Gasteiger partial charge >= 0.3 is 0 Å². The highest BCUT2D eigenvalue weighted by Gasteiger charge is 2.20. The third-order valence-electron chi connectivity index (χ3n) is 5.23. The quantitative estimate of drug-likeness (QED) is 0.377. The molecule has 2 amide bonds. The Labute approximate surface area is 191 Å². The van der Waals surface area contributed by atoms with Gasteiger partial charge in [0.05, 0.1) is 24.7 Å². The summed E-state index contributed by atoms with van der Waals surface area (Å²) in [6.07, 6.45) is 4.15. The molecule has 0 spiro atoms. The van der Waals surface area contributed by atoms with Gasteiger partial charge in [0.15, 0.2) is 10.8 Å². The number of carbonyl (C=O) groups is 2. The fraction of sp³-hybridized carbons (Fsp3) is 0.409. The smallest absolute Gasteiger partial charge is 0.251 e. The molecule has 9 nitrogen and oxygen atoms in total. The maximum atomic E-state index is 12.1. The summed E-state index contributed by atoms with van der Waals surface area (Å²) in [7, 11) is 0. The van der Waals surface area contributed by atoms with Gasteiger partial charge in [-0.25, -0.2) is 14.6 Å². The number of carbonyl (C=O) groups excluding carboxylic acids is 2. The average molecular weight is 454 g/mol. The largest absolute Gasteiger partial charge is 0.356 e. The van der Waals surface area contributed by atoms with Gasteiger partial charge in [-0.2, -0.15) is 5.10 Å². The summed E-state index contributed by atoms with van der Waals surface area (Å²) >= 11 is 1.61. The first kappa shape index (κ1) is 22.1. The van der Waals surface area contributed by atoms with Crippen LogP contribution in [0.1, 0.15) is 30.1 Å². The van der Waals surface area contributed by atoms with Gasteiger partial charge in [0.2, 0.25) is 5.91 Å². The van der Waals surface area contributed by atoms with Crippen molar-refractivity contribution in [2.45, 2.75) is 31.5 Å². The van der Waals surface area contributed by atoms with Crippen LogP contribution in [-0.2, 0) is 11.3 Å². The van der Waals surface area contributed by atoms with Crippen molar-refractivity contribution in [1.82, 2.24) is 30.4 Å². The van der Waals surface area contributed by atoms with Gasteiger partial charge in [-0.1, -0.05) is 36.9 Å². The van der Waals surface area contributed by atoms with E-state index in [-0.39, 0.29) is 18.4 Å². The highest BCUT2D eigenvalue weighted by atomic mass is 32.2. The van der Waals surface area contributed by atoms with Crippen molar-refractivity contribution in [3.05, 3.63) is 42.1 Å². The van der Waals surface area contributed by atoms with Crippen LogP contribution in [0.4, 0.5) is 5.82 Å². The predicted octanol–water partition coefficient (Wildman–Crippen LogP) is 2.08. The number of anilines is 1. The maximum Gasteiger partial charge on any atom is 0.251 e. The molecule has 3 aromatic rings. The van der Waals surface area contributed by atoms with Gasteiger partial charge in [0.1, 0.15) is 5.82 Å². The lowest BCUT2D eigenvalue weighted by Crippen LogP contribution is -2.38. The van der Waals surface area contributed by atoms with Gasteiger partial charge in [-0.05, 0) is 30.7 Å². The third-order valence-corrected chi connectivity index (χ3v) is 5.96. The lowest BCUT2D eigenvalue weighted by Gasteiger charge is -2.17. The minimum Gasteiger partial charge on any atom is -0.356 e. The summed E-state index contributed by atoms with van der Waals surface area (Å²) in [5, 5.41) is 11.6. The van der Waals surface area contributed by atoms with E-state index in [1.807, 2.05) is 12.3 Å². The van der Waals surface area contributed by atoms with Gasteiger partial charge in [0.25, 0.3) is 5.91 Å². The number of amides is 2. The van der Waals surface area contributed by atoms with E-state index in [0.717, 1.165) is 40.9 Å². The molecule has 32 heavy (non-hydrogen) atoms. The average Bonchev–Trinajstić information content (AvgIpc) is 3.48. The number of aromatic nitrogens is 4. The SMILES string of the molecule is CCSc1nc(N2CCCC2)c2cnn(CCNC(=O)CNC(=O)c3ccccc3)c2n1. The maximum absolute atomic E-state index is 12.1. The van der Waals surface area contributed by atoms with Crippen molar-refractivity contribution in [3.63, 3.8) is 0 Å². The fourth-order valence-electron chi connectivity index (χ4n) is 3.66. The topological polar surface area (TPSA) is 105 Å². The van der Waals surface area contributed by atoms with Crippen LogP contribution in [0, 0.1) is 0 Å². The molecule has 1 aliphatic rings. The van der Waals surface area contributed by atoms with E-state index in [1.165, 1.54) is 12.8 Å². The summed E-state index contributed by atoms with van der Waals surface area (Å²) in [5.74, 6) is 1.32. The molecule has 1 saturated heterocycles. The zero-order valence-corrected chi connectivity index (χ0v) is 18.9. The molecule has 0 unspecified atom stereocenters. The lowest BCUT2D eigenvalue weighted by molar-refractivity contribution is -0.120. The van der Waals surface area contributed by atoms with E-state index in [0.29, 0.717) is 18.7 Å². The molecule has 168 valence electrons. The molecule has 0 saturated carbocycles. The van der Waals surface area contributed by atoms with Gasteiger partial charge in [-0.3, -0.25) is 9.59 Å². The molecule has 0 atom stereocenters. The Morgan fingerprint density at radius 2 is 1.88 bits per heavy atom. The number of nitrogens with zero attached hydrogens (tertiary/aromatic N) is 5.